The van der Waals surface area contributed by atoms with Crippen LogP contribution in [0.5, 0.6) is 0 Å². The molecule has 1 fully saturated rings. The first-order chi connectivity index (χ1) is 9.32. The van der Waals surface area contributed by atoms with Crippen LogP contribution >= 0.6 is 12.4 Å². The molecule has 21 heavy (non-hydrogen) atoms. The fraction of sp³-hybridized carbons (Fsp3) is 0.600. The van der Waals surface area contributed by atoms with Crippen molar-refractivity contribution < 1.29 is 8.42 Å². The lowest BCUT2D eigenvalue weighted by molar-refractivity contribution is 0.250. The standard InChI is InChI=1S/C15H24N2O2S.ClH/c1-11(2)13-4-6-14(7-5-13)20(18,19)17-9-8-15(16)12(3)10-17;/h4-7,11-12,15H,8-10,16H2,1-3H3;1H. The molecule has 1 saturated heterocycles. The Hall–Kier alpha value is -0.620. The van der Waals surface area contributed by atoms with Crippen molar-refractivity contribution in [2.45, 2.75) is 44.0 Å². The van der Waals surface area contributed by atoms with Crippen molar-refractivity contribution in [1.29, 1.82) is 0 Å². The lowest BCUT2D eigenvalue weighted by Gasteiger charge is -2.34. The molecule has 1 aromatic rings. The maximum atomic E-state index is 12.6. The van der Waals surface area contributed by atoms with Crippen LogP contribution in [-0.2, 0) is 10.0 Å². The molecule has 6 heteroatoms. The molecule has 2 atom stereocenters. The minimum Gasteiger partial charge on any atom is -0.327 e. The van der Waals surface area contributed by atoms with Crippen molar-refractivity contribution in [3.05, 3.63) is 29.8 Å². The van der Waals surface area contributed by atoms with Crippen LogP contribution in [0.15, 0.2) is 29.2 Å². The molecular formula is C15H25ClN2O2S. The first-order valence-electron chi connectivity index (χ1n) is 7.18. The van der Waals surface area contributed by atoms with Gasteiger partial charge in [-0.2, -0.15) is 4.31 Å². The average Bonchev–Trinajstić information content (AvgIpc) is 2.41. The van der Waals surface area contributed by atoms with Gasteiger partial charge in [-0.25, -0.2) is 8.42 Å². The summed E-state index contributed by atoms with van der Waals surface area (Å²) in [6.45, 7) is 7.22. The van der Waals surface area contributed by atoms with Gasteiger partial charge in [0.05, 0.1) is 4.90 Å². The van der Waals surface area contributed by atoms with E-state index in [0.717, 1.165) is 12.0 Å². The zero-order valence-corrected chi connectivity index (χ0v) is 14.5. The number of nitrogens with two attached hydrogens (primary N) is 1. The Balaban J connectivity index is 0.00000220. The molecule has 1 heterocycles. The third kappa shape index (κ3) is 3.97. The zero-order valence-electron chi connectivity index (χ0n) is 12.8. The van der Waals surface area contributed by atoms with Gasteiger partial charge >= 0.3 is 0 Å². The van der Waals surface area contributed by atoms with Crippen LogP contribution < -0.4 is 5.73 Å². The van der Waals surface area contributed by atoms with Gasteiger partial charge in [0.15, 0.2) is 0 Å². The van der Waals surface area contributed by atoms with E-state index >= 15 is 0 Å². The molecule has 4 nitrogen and oxygen atoms in total. The molecule has 1 aliphatic heterocycles. The van der Waals surface area contributed by atoms with Crippen molar-refractivity contribution in [2.24, 2.45) is 11.7 Å². The molecular weight excluding hydrogens is 308 g/mol. The lowest BCUT2D eigenvalue weighted by atomic mass is 9.96. The molecule has 0 aliphatic carbocycles. The normalized spacial score (nSPS) is 23.9. The SMILES string of the molecule is CC(C)c1ccc(S(=O)(=O)N2CCC(N)C(C)C2)cc1.Cl. The van der Waals surface area contributed by atoms with Gasteiger partial charge in [0.25, 0.3) is 0 Å². The van der Waals surface area contributed by atoms with E-state index in [1.54, 1.807) is 16.4 Å². The Bertz CT molecular complexity index is 558. The molecule has 0 saturated carbocycles. The fourth-order valence-corrected chi connectivity index (χ4v) is 4.07. The predicted molar refractivity (Wildman–Crippen MR) is 88.3 cm³/mol. The van der Waals surface area contributed by atoms with Gasteiger partial charge in [0.1, 0.15) is 0 Å². The molecule has 1 aliphatic rings. The molecule has 0 radical (unpaired) electrons. The smallest absolute Gasteiger partial charge is 0.243 e. The van der Waals surface area contributed by atoms with Crippen LogP contribution in [-0.4, -0.2) is 31.9 Å². The topological polar surface area (TPSA) is 63.4 Å². The van der Waals surface area contributed by atoms with Crippen LogP contribution in [0, 0.1) is 5.92 Å². The molecule has 0 bridgehead atoms. The summed E-state index contributed by atoms with van der Waals surface area (Å²) < 4.78 is 26.8. The first kappa shape index (κ1) is 18.4. The second-order valence-corrected chi connectivity index (χ2v) is 7.95. The lowest BCUT2D eigenvalue weighted by Crippen LogP contribution is -2.48. The molecule has 0 spiro atoms. The summed E-state index contributed by atoms with van der Waals surface area (Å²) in [7, 11) is -3.38. The zero-order chi connectivity index (χ0) is 14.9. The van der Waals surface area contributed by atoms with E-state index in [-0.39, 0.29) is 24.4 Å². The van der Waals surface area contributed by atoms with Crippen LogP contribution in [0.25, 0.3) is 0 Å². The van der Waals surface area contributed by atoms with E-state index in [0.29, 0.717) is 23.9 Å². The largest absolute Gasteiger partial charge is 0.327 e. The van der Waals surface area contributed by atoms with E-state index in [9.17, 15) is 8.42 Å². The van der Waals surface area contributed by atoms with Crippen molar-refractivity contribution in [2.75, 3.05) is 13.1 Å². The quantitative estimate of drug-likeness (QED) is 0.925. The minimum atomic E-state index is -3.38. The van der Waals surface area contributed by atoms with Gasteiger partial charge in [-0.05, 0) is 36.0 Å². The van der Waals surface area contributed by atoms with Gasteiger partial charge in [-0.3, -0.25) is 0 Å². The summed E-state index contributed by atoms with van der Waals surface area (Å²) in [6.07, 6.45) is 0.727. The van der Waals surface area contributed by atoms with Gasteiger partial charge in [-0.15, -0.1) is 12.4 Å². The van der Waals surface area contributed by atoms with Gasteiger partial charge < -0.3 is 5.73 Å². The number of piperidine rings is 1. The molecule has 1 aromatic carbocycles. The summed E-state index contributed by atoms with van der Waals surface area (Å²) in [4.78, 5) is 0.379. The fourth-order valence-electron chi connectivity index (χ4n) is 2.52. The molecule has 2 N–H and O–H groups in total. The number of hydrogen-bond acceptors (Lipinski definition) is 3. The van der Waals surface area contributed by atoms with E-state index in [2.05, 4.69) is 13.8 Å². The number of hydrogen-bond donors (Lipinski definition) is 1. The maximum Gasteiger partial charge on any atom is 0.243 e. The third-order valence-electron chi connectivity index (χ3n) is 4.12. The van der Waals surface area contributed by atoms with Gasteiger partial charge in [-0.1, -0.05) is 32.9 Å². The second-order valence-electron chi connectivity index (χ2n) is 6.02. The van der Waals surface area contributed by atoms with Gasteiger partial charge in [0.2, 0.25) is 10.0 Å². The first-order valence-corrected chi connectivity index (χ1v) is 8.62. The maximum absolute atomic E-state index is 12.6. The van der Waals surface area contributed by atoms with Gasteiger partial charge in [0, 0.05) is 19.1 Å². The highest BCUT2D eigenvalue weighted by Gasteiger charge is 2.31. The van der Waals surface area contributed by atoms with Crippen molar-refractivity contribution >= 4 is 22.4 Å². The number of nitrogens with zero attached hydrogens (tertiary/aromatic N) is 1. The minimum absolute atomic E-state index is 0. The second kappa shape index (κ2) is 7.09. The summed E-state index contributed by atoms with van der Waals surface area (Å²) in [6, 6.07) is 7.32. The Kier molecular flexibility index (Phi) is 6.23. The average molecular weight is 333 g/mol. The van der Waals surface area contributed by atoms with E-state index < -0.39 is 10.0 Å². The monoisotopic (exact) mass is 332 g/mol. The van der Waals surface area contributed by atoms with Crippen LogP contribution in [0.4, 0.5) is 0 Å². The molecule has 0 aromatic heterocycles. The molecule has 0 amide bonds. The van der Waals surface area contributed by atoms with E-state index in [4.69, 9.17) is 5.73 Å². The summed E-state index contributed by atoms with van der Waals surface area (Å²) in [5, 5.41) is 0. The Morgan fingerprint density at radius 1 is 1.24 bits per heavy atom. The van der Waals surface area contributed by atoms with Crippen LogP contribution in [0.3, 0.4) is 0 Å². The molecule has 120 valence electrons. The summed E-state index contributed by atoms with van der Waals surface area (Å²) in [5.41, 5.74) is 7.11. The highest BCUT2D eigenvalue weighted by atomic mass is 35.5. The summed E-state index contributed by atoms with van der Waals surface area (Å²) in [5.74, 6) is 0.605. The highest BCUT2D eigenvalue weighted by Crippen LogP contribution is 2.24. The number of halogens is 1. The Morgan fingerprint density at radius 3 is 2.29 bits per heavy atom. The van der Waals surface area contributed by atoms with Crippen molar-refractivity contribution in [1.82, 2.24) is 4.31 Å². The summed E-state index contributed by atoms with van der Waals surface area (Å²) >= 11 is 0. The van der Waals surface area contributed by atoms with E-state index in [1.165, 1.54) is 0 Å². The van der Waals surface area contributed by atoms with Crippen LogP contribution in [0.1, 0.15) is 38.7 Å². The highest BCUT2D eigenvalue weighted by molar-refractivity contribution is 7.89. The Labute approximate surface area is 134 Å². The van der Waals surface area contributed by atoms with Crippen molar-refractivity contribution in [3.8, 4) is 0 Å². The van der Waals surface area contributed by atoms with Crippen LogP contribution in [0.2, 0.25) is 0 Å². The van der Waals surface area contributed by atoms with E-state index in [1.807, 2.05) is 19.1 Å². The van der Waals surface area contributed by atoms with Crippen molar-refractivity contribution in [3.63, 3.8) is 0 Å². The number of rotatable bonds is 3. The molecule has 2 unspecified atom stereocenters. The predicted octanol–water partition coefficient (Wildman–Crippen LogP) is 2.59. The third-order valence-corrected chi connectivity index (χ3v) is 6.00. The molecule has 2 rings (SSSR count). The number of benzene rings is 1. The number of sulfonamides is 1. The Morgan fingerprint density at radius 2 is 1.81 bits per heavy atom.